The Balaban J connectivity index is -0.0000000213. The Kier molecular flexibility index (Phi) is 149. The molecule has 0 rings (SSSR count). The first-order valence-electron chi connectivity index (χ1n) is 1.33. The third-order valence-corrected chi connectivity index (χ3v) is 0. The fraction of sp³-hybridized carbons (Fsp3) is 0. The third-order valence-electron chi connectivity index (χ3n) is 0. The minimum absolute atomic E-state index is 0. The summed E-state index contributed by atoms with van der Waals surface area (Å²) in [6.07, 6.45) is 0. The molecule has 0 aromatic heterocycles. The van der Waals surface area contributed by atoms with Gasteiger partial charge in [-0.25, -0.2) is 0 Å². The Labute approximate surface area is 116 Å². The van der Waals surface area contributed by atoms with Crippen molar-refractivity contribution in [3.63, 3.8) is 0 Å². The van der Waals surface area contributed by atoms with Crippen molar-refractivity contribution >= 4 is 23.9 Å². The molecule has 0 aromatic rings. The van der Waals surface area contributed by atoms with E-state index in [0.29, 0.717) is 0 Å². The molecule has 0 bridgehead atoms. The van der Waals surface area contributed by atoms with Crippen molar-refractivity contribution < 1.29 is 93.8 Å². The topological polar surface area (TPSA) is 161 Å². The zero-order chi connectivity index (χ0) is 10.8. The molecule has 8 nitrogen and oxygen atoms in total. The first-order chi connectivity index (χ1) is 5.66. The maximum absolute atomic E-state index is 8.44. The monoisotopic (exact) mass is 456 g/mol. The van der Waals surface area contributed by atoms with Gasteiger partial charge in [0.25, 0.3) is 0 Å². The second kappa shape index (κ2) is 65.9. The van der Waals surface area contributed by atoms with Crippen LogP contribution in [0.1, 0.15) is 0 Å². The summed E-state index contributed by atoms with van der Waals surface area (Å²) in [4.78, 5) is 0. The van der Waals surface area contributed by atoms with E-state index in [-0.39, 0.29) is 23.9 Å². The van der Waals surface area contributed by atoms with E-state index < -0.39 is 61.9 Å². The van der Waals surface area contributed by atoms with Crippen molar-refractivity contribution in [1.29, 1.82) is 0 Å². The van der Waals surface area contributed by atoms with E-state index >= 15 is 0 Å². The van der Waals surface area contributed by atoms with Gasteiger partial charge in [-0.05, 0) is 0 Å². The van der Waals surface area contributed by atoms with Crippen LogP contribution in [-0.2, 0) is 77.2 Å². The van der Waals surface area contributed by atoms with Crippen LogP contribution in [0.5, 0.6) is 0 Å². The van der Waals surface area contributed by atoms with Gasteiger partial charge in [0, 0.05) is 0 Å². The second-order valence-electron chi connectivity index (χ2n) is 0.272. The number of rotatable bonds is 0. The standard InChI is InChI=1S/4Cr.8O.Sn/q;;;;;;;;4*-1;+4. The van der Waals surface area contributed by atoms with Crippen LogP contribution >= 0.6 is 0 Å². The third kappa shape index (κ3) is 516. The van der Waals surface area contributed by atoms with Gasteiger partial charge in [-0.15, -0.1) is 0 Å². The summed E-state index contributed by atoms with van der Waals surface area (Å²) in [7, 11) is 0. The zero-order valence-corrected chi connectivity index (χ0v) is 13.4. The molecule has 13 heteroatoms. The van der Waals surface area contributed by atoms with E-state index in [1.165, 1.54) is 0 Å². The minimum Gasteiger partial charge on any atom is 4.00 e. The van der Waals surface area contributed by atoms with Gasteiger partial charge in [0.2, 0.25) is 0 Å². The Hall–Kier alpha value is 1.97. The first kappa shape index (κ1) is 29.4. The second-order valence-corrected chi connectivity index (χ2v) is 1.12. The van der Waals surface area contributed by atoms with Crippen LogP contribution in [0.3, 0.4) is 0 Å². The maximum atomic E-state index is 8.44. The Morgan fingerprint density at radius 1 is 0.538 bits per heavy atom. The van der Waals surface area contributed by atoms with E-state index in [9.17, 15) is 0 Å². The summed E-state index contributed by atoms with van der Waals surface area (Å²) < 4.78 is 67.5. The summed E-state index contributed by atoms with van der Waals surface area (Å²) in [5.41, 5.74) is 0. The van der Waals surface area contributed by atoms with Crippen LogP contribution in [0.25, 0.3) is 0 Å². The van der Waals surface area contributed by atoms with Crippen molar-refractivity contribution in [2.24, 2.45) is 0 Å². The molecular weight excluding hydrogens is 455 g/mol. The fourth-order valence-electron chi connectivity index (χ4n) is 0. The molecule has 13 heavy (non-hydrogen) atoms. The normalized spacial score (nSPS) is 4.00. The molecule has 0 N–H and O–H groups in total. The largest absolute Gasteiger partial charge is 4.00 e. The minimum atomic E-state index is -1.62. The predicted octanol–water partition coefficient (Wildman–Crippen LogP) is -5.62. The average molecular weight is 455 g/mol. The van der Waals surface area contributed by atoms with Crippen LogP contribution in [0, 0.1) is 0 Å². The summed E-state index contributed by atoms with van der Waals surface area (Å²) >= 11 is -6.50. The molecule has 0 aliphatic carbocycles. The Morgan fingerprint density at radius 2 is 0.538 bits per heavy atom. The van der Waals surface area contributed by atoms with Crippen molar-refractivity contribution in [2.45, 2.75) is 0 Å². The Bertz CT molecular complexity index is 70.1. The van der Waals surface area contributed by atoms with E-state index in [2.05, 4.69) is 0 Å². The van der Waals surface area contributed by atoms with Gasteiger partial charge in [0.15, 0.2) is 0 Å². The Morgan fingerprint density at radius 3 is 0.538 bits per heavy atom. The summed E-state index contributed by atoms with van der Waals surface area (Å²) in [5, 5.41) is 0. The quantitative estimate of drug-likeness (QED) is 0.327. The van der Waals surface area contributed by atoms with Gasteiger partial charge in [-0.1, -0.05) is 0 Å². The molecule has 0 aliphatic heterocycles. The van der Waals surface area contributed by atoms with Crippen LogP contribution in [-0.4, -0.2) is 23.9 Å². The van der Waals surface area contributed by atoms with E-state index in [1.807, 2.05) is 0 Å². The van der Waals surface area contributed by atoms with Gasteiger partial charge in [-0.2, -0.15) is 0 Å². The van der Waals surface area contributed by atoms with E-state index in [1.54, 1.807) is 0 Å². The predicted molar refractivity (Wildman–Crippen MR) is 8.50 cm³/mol. The molecule has 76 valence electrons. The molecule has 0 aliphatic rings. The van der Waals surface area contributed by atoms with Crippen LogP contribution in [0.2, 0.25) is 0 Å². The molecule has 0 saturated heterocycles. The first-order valence-corrected chi connectivity index (χ1v) is 5.50. The van der Waals surface area contributed by atoms with Crippen molar-refractivity contribution in [2.75, 3.05) is 0 Å². The van der Waals surface area contributed by atoms with E-state index in [0.717, 1.165) is 0 Å². The van der Waals surface area contributed by atoms with Crippen molar-refractivity contribution in [3.8, 4) is 0 Å². The SMILES string of the molecule is [O]=[Cr][O-].[O]=[Cr][O-].[O]=[Cr][O-].[O]=[Cr][O-].[Sn+4]. The number of hydrogen-bond donors (Lipinski definition) is 0. The molecular formula is Cr4O8Sn. The smallest absolute Gasteiger partial charge is 4.00 e. The van der Waals surface area contributed by atoms with Crippen LogP contribution in [0.4, 0.5) is 0 Å². The van der Waals surface area contributed by atoms with Crippen molar-refractivity contribution in [1.82, 2.24) is 0 Å². The molecule has 0 amide bonds. The number of hydrogen-bond acceptors (Lipinski definition) is 8. The molecule has 0 aromatic carbocycles. The average Bonchev–Trinajstić information content (AvgIpc) is 1.92. The van der Waals surface area contributed by atoms with Crippen molar-refractivity contribution in [3.05, 3.63) is 0 Å². The van der Waals surface area contributed by atoms with Gasteiger partial charge in [0.05, 0.1) is 0 Å². The zero-order valence-electron chi connectivity index (χ0n) is 5.40. The molecule has 0 radical (unpaired) electrons. The molecule has 0 spiro atoms. The molecule has 0 fully saturated rings. The summed E-state index contributed by atoms with van der Waals surface area (Å²) in [5.74, 6) is 0. The van der Waals surface area contributed by atoms with Crippen LogP contribution < -0.4 is 16.6 Å². The van der Waals surface area contributed by atoms with Gasteiger partial charge in [-0.3, -0.25) is 0 Å². The molecule has 0 atom stereocenters. The van der Waals surface area contributed by atoms with Gasteiger partial charge < -0.3 is 0 Å². The van der Waals surface area contributed by atoms with Gasteiger partial charge >= 0.3 is 118 Å². The fourth-order valence-corrected chi connectivity index (χ4v) is 0. The van der Waals surface area contributed by atoms with Gasteiger partial charge in [0.1, 0.15) is 0 Å². The molecule has 0 heterocycles. The summed E-state index contributed by atoms with van der Waals surface area (Å²) in [6, 6.07) is 0. The maximum Gasteiger partial charge on any atom is 4.00 e. The molecule has 0 saturated carbocycles. The van der Waals surface area contributed by atoms with E-state index in [4.69, 9.17) is 31.8 Å². The van der Waals surface area contributed by atoms with Crippen LogP contribution in [0.15, 0.2) is 0 Å². The summed E-state index contributed by atoms with van der Waals surface area (Å²) in [6.45, 7) is 0. The molecule has 0 unspecified atom stereocenters.